The van der Waals surface area contributed by atoms with E-state index in [1.807, 2.05) is 13.8 Å². The first-order valence-corrected chi connectivity index (χ1v) is 8.75. The van der Waals surface area contributed by atoms with Crippen molar-refractivity contribution in [3.05, 3.63) is 30.1 Å². The second-order valence-corrected chi connectivity index (χ2v) is 7.29. The van der Waals surface area contributed by atoms with Crippen molar-refractivity contribution in [2.24, 2.45) is 5.41 Å². The number of carbonyl (C=O) groups excluding carboxylic acids is 1. The molecule has 0 saturated carbocycles. The van der Waals surface area contributed by atoms with E-state index in [4.69, 9.17) is 0 Å². The van der Waals surface area contributed by atoms with Gasteiger partial charge in [-0.15, -0.1) is 0 Å². The molecule has 8 heteroatoms. The summed E-state index contributed by atoms with van der Waals surface area (Å²) in [7, 11) is 0. The normalized spacial score (nSPS) is 15.4. The number of halogens is 2. The molecule has 0 bridgehead atoms. The third-order valence-corrected chi connectivity index (χ3v) is 4.80. The van der Waals surface area contributed by atoms with Crippen LogP contribution in [0.15, 0.2) is 18.5 Å². The minimum atomic E-state index is -0.735. The Hall–Kier alpha value is -2.35. The van der Waals surface area contributed by atoms with Crippen LogP contribution in [-0.2, 0) is 4.79 Å². The Balaban J connectivity index is 1.67. The molecule has 140 valence electrons. The van der Waals surface area contributed by atoms with Crippen molar-refractivity contribution in [2.45, 2.75) is 33.1 Å². The molecular weight excluding hydrogens is 340 g/mol. The average Bonchev–Trinajstić information content (AvgIpc) is 3.24. The van der Waals surface area contributed by atoms with E-state index in [0.29, 0.717) is 6.42 Å². The number of H-pyrrole nitrogens is 1. The van der Waals surface area contributed by atoms with Gasteiger partial charge in [0.2, 0.25) is 5.91 Å². The molecule has 2 aromatic heterocycles. The molecule has 2 aromatic rings. The number of rotatable bonds is 6. The molecule has 0 aromatic carbocycles. The Labute approximate surface area is 151 Å². The molecule has 0 spiro atoms. The Morgan fingerprint density at radius 2 is 2.04 bits per heavy atom. The zero-order valence-corrected chi connectivity index (χ0v) is 15.0. The second kappa shape index (κ2) is 7.49. The Kier molecular flexibility index (Phi) is 5.31. The van der Waals surface area contributed by atoms with Crippen LogP contribution >= 0.6 is 0 Å². The lowest BCUT2D eigenvalue weighted by atomic mass is 9.88. The third kappa shape index (κ3) is 4.07. The van der Waals surface area contributed by atoms with E-state index in [2.05, 4.69) is 25.4 Å². The van der Waals surface area contributed by atoms with Crippen LogP contribution in [0.2, 0.25) is 0 Å². The number of hydrogen-bond donors (Lipinski definition) is 2. The molecule has 0 unspecified atom stereocenters. The molecule has 0 aliphatic carbocycles. The summed E-state index contributed by atoms with van der Waals surface area (Å²) in [5, 5.41) is 8.86. The number of anilines is 1. The highest BCUT2D eigenvalue weighted by Crippen LogP contribution is 2.28. The van der Waals surface area contributed by atoms with Crippen LogP contribution in [0, 0.1) is 17.0 Å². The second-order valence-electron chi connectivity index (χ2n) is 7.29. The van der Waals surface area contributed by atoms with Crippen LogP contribution < -0.4 is 5.32 Å². The fourth-order valence-corrected chi connectivity index (χ4v) is 2.99. The maximum Gasteiger partial charge on any atom is 0.231 e. The number of aromatic nitrogens is 3. The van der Waals surface area contributed by atoms with Crippen molar-refractivity contribution in [1.29, 1.82) is 0 Å². The number of likely N-dealkylation sites (tertiary alicyclic amines) is 1. The number of hydrogen-bond acceptors (Lipinski definition) is 4. The number of amides is 1. The van der Waals surface area contributed by atoms with Crippen LogP contribution in [-0.4, -0.2) is 45.6 Å². The summed E-state index contributed by atoms with van der Waals surface area (Å²) in [5.74, 6) is -1.80. The monoisotopic (exact) mass is 363 g/mol. The fraction of sp³-hybridized carbons (Fsp3) is 0.500. The summed E-state index contributed by atoms with van der Waals surface area (Å²) in [6.07, 6.45) is 5.42. The molecule has 2 N–H and O–H groups in total. The van der Waals surface area contributed by atoms with E-state index in [1.165, 1.54) is 19.0 Å². The Morgan fingerprint density at radius 3 is 2.73 bits per heavy atom. The van der Waals surface area contributed by atoms with E-state index in [1.54, 1.807) is 0 Å². The molecule has 0 atom stereocenters. The van der Waals surface area contributed by atoms with E-state index >= 15 is 0 Å². The predicted octanol–water partition coefficient (Wildman–Crippen LogP) is 3.20. The summed E-state index contributed by atoms with van der Waals surface area (Å²) >= 11 is 0. The van der Waals surface area contributed by atoms with Gasteiger partial charge < -0.3 is 10.2 Å². The summed E-state index contributed by atoms with van der Waals surface area (Å²) in [6.45, 7) is 6.64. The minimum Gasteiger partial charge on any atom is -0.306 e. The molecule has 26 heavy (non-hydrogen) atoms. The molecule has 3 heterocycles. The molecule has 1 aliphatic rings. The number of nitrogens with one attached hydrogen (secondary N) is 2. The maximum absolute atomic E-state index is 14.6. The molecule has 1 fully saturated rings. The van der Waals surface area contributed by atoms with E-state index in [-0.39, 0.29) is 23.0 Å². The van der Waals surface area contributed by atoms with Crippen LogP contribution in [0.1, 0.15) is 33.1 Å². The van der Waals surface area contributed by atoms with Crippen molar-refractivity contribution < 1.29 is 13.6 Å². The summed E-state index contributed by atoms with van der Waals surface area (Å²) in [6, 6.07) is 1.15. The number of carbonyl (C=O) groups is 1. The highest BCUT2D eigenvalue weighted by molar-refractivity contribution is 5.94. The quantitative estimate of drug-likeness (QED) is 0.827. The smallest absolute Gasteiger partial charge is 0.231 e. The topological polar surface area (TPSA) is 73.9 Å². The number of aromatic amines is 1. The van der Waals surface area contributed by atoms with Gasteiger partial charge >= 0.3 is 0 Å². The van der Waals surface area contributed by atoms with Crippen LogP contribution in [0.25, 0.3) is 11.3 Å². The highest BCUT2D eigenvalue weighted by Gasteiger charge is 2.30. The van der Waals surface area contributed by atoms with Crippen molar-refractivity contribution >= 4 is 11.7 Å². The first kappa shape index (κ1) is 18.4. The predicted molar refractivity (Wildman–Crippen MR) is 94.4 cm³/mol. The number of pyridine rings is 1. The molecule has 3 rings (SSSR count). The van der Waals surface area contributed by atoms with Crippen LogP contribution in [0.5, 0.6) is 0 Å². The van der Waals surface area contributed by atoms with Gasteiger partial charge in [-0.2, -0.15) is 5.10 Å². The van der Waals surface area contributed by atoms with Crippen molar-refractivity contribution in [1.82, 2.24) is 20.1 Å². The lowest BCUT2D eigenvalue weighted by Crippen LogP contribution is -2.35. The van der Waals surface area contributed by atoms with Gasteiger partial charge in [0, 0.05) is 17.2 Å². The standard InChI is InChI=1S/C18H23F2N5O/c1-18(2,5-8-25-6-3-4-7-25)17(26)22-16-14(20)15(23-24-16)12-9-13(19)11-21-10-12/h9-11H,3-8H2,1-2H3,(H2,22,23,24,26). The van der Waals surface area contributed by atoms with Gasteiger partial charge in [-0.05, 0) is 45.0 Å². The largest absolute Gasteiger partial charge is 0.306 e. The molecule has 1 aliphatic heterocycles. The molecular formula is C18H23F2N5O. The SMILES string of the molecule is CC(C)(CCN1CCCC1)C(=O)Nc1n[nH]c(-c2cncc(F)c2)c1F. The lowest BCUT2D eigenvalue weighted by Gasteiger charge is -2.25. The average molecular weight is 363 g/mol. The van der Waals surface area contributed by atoms with Gasteiger partial charge in [0.05, 0.1) is 6.20 Å². The maximum atomic E-state index is 14.6. The number of nitrogens with zero attached hydrogens (tertiary/aromatic N) is 3. The molecule has 6 nitrogen and oxygen atoms in total. The minimum absolute atomic E-state index is 0.0119. The molecule has 1 saturated heterocycles. The Morgan fingerprint density at radius 1 is 1.31 bits per heavy atom. The first-order chi connectivity index (χ1) is 12.4. The summed E-state index contributed by atoms with van der Waals surface area (Å²) in [4.78, 5) is 18.6. The van der Waals surface area contributed by atoms with Gasteiger partial charge in [0.1, 0.15) is 11.5 Å². The van der Waals surface area contributed by atoms with Crippen molar-refractivity contribution in [3.8, 4) is 11.3 Å². The Bertz CT molecular complexity index is 784. The zero-order chi connectivity index (χ0) is 18.7. The molecule has 1 amide bonds. The fourth-order valence-electron chi connectivity index (χ4n) is 2.99. The molecule has 0 radical (unpaired) electrons. The highest BCUT2D eigenvalue weighted by atomic mass is 19.1. The van der Waals surface area contributed by atoms with Gasteiger partial charge in [-0.1, -0.05) is 13.8 Å². The summed E-state index contributed by atoms with van der Waals surface area (Å²) in [5.41, 5.74) is -0.444. The van der Waals surface area contributed by atoms with E-state index in [9.17, 15) is 13.6 Å². The van der Waals surface area contributed by atoms with Gasteiger partial charge in [0.15, 0.2) is 11.6 Å². The van der Waals surface area contributed by atoms with Crippen molar-refractivity contribution in [2.75, 3.05) is 25.0 Å². The van der Waals surface area contributed by atoms with Crippen molar-refractivity contribution in [3.63, 3.8) is 0 Å². The van der Waals surface area contributed by atoms with E-state index < -0.39 is 17.0 Å². The summed E-state index contributed by atoms with van der Waals surface area (Å²) < 4.78 is 27.8. The van der Waals surface area contributed by atoms with Gasteiger partial charge in [-0.3, -0.25) is 14.9 Å². The zero-order valence-electron chi connectivity index (χ0n) is 15.0. The lowest BCUT2D eigenvalue weighted by molar-refractivity contribution is -0.124. The van der Waals surface area contributed by atoms with Gasteiger partial charge in [-0.25, -0.2) is 8.78 Å². The first-order valence-electron chi connectivity index (χ1n) is 8.75. The van der Waals surface area contributed by atoms with Crippen LogP contribution in [0.3, 0.4) is 0 Å². The third-order valence-electron chi connectivity index (χ3n) is 4.80. The van der Waals surface area contributed by atoms with Gasteiger partial charge in [0.25, 0.3) is 0 Å². The van der Waals surface area contributed by atoms with Crippen LogP contribution in [0.4, 0.5) is 14.6 Å². The van der Waals surface area contributed by atoms with E-state index in [0.717, 1.165) is 31.9 Å².